The molecule has 0 aliphatic carbocycles. The minimum Gasteiger partial charge on any atom is -0.368 e. The van der Waals surface area contributed by atoms with Crippen molar-refractivity contribution in [1.82, 2.24) is 30.4 Å². The second-order valence-electron chi connectivity index (χ2n) is 5.81. The van der Waals surface area contributed by atoms with Gasteiger partial charge in [-0.15, -0.1) is 12.4 Å². The molecule has 0 atom stereocenters. The summed E-state index contributed by atoms with van der Waals surface area (Å²) >= 11 is 0. The molecule has 0 bridgehead atoms. The number of nitrogens with two attached hydrogens (primary N) is 1. The van der Waals surface area contributed by atoms with E-state index in [4.69, 9.17) is 10.3 Å². The Hall–Kier alpha value is -2.78. The number of hydrogen-bond donors (Lipinski definition) is 3. The normalized spacial score (nSPS) is 14.6. The summed E-state index contributed by atoms with van der Waals surface area (Å²) in [5.74, 6) is 1.92. The van der Waals surface area contributed by atoms with Crippen LogP contribution in [0.5, 0.6) is 0 Å². The van der Waals surface area contributed by atoms with Crippen molar-refractivity contribution in [3.8, 4) is 11.6 Å². The van der Waals surface area contributed by atoms with E-state index >= 15 is 0 Å². The summed E-state index contributed by atoms with van der Waals surface area (Å²) in [6.45, 7) is 1.90. The Morgan fingerprint density at radius 2 is 1.77 bits per heavy atom. The largest absolute Gasteiger partial charge is 0.368 e. The van der Waals surface area contributed by atoms with Crippen LogP contribution in [0.2, 0.25) is 0 Å². The molecule has 2 aromatic heterocycles. The predicted molar refractivity (Wildman–Crippen MR) is 99.3 cm³/mol. The standard InChI is InChI=1S/C16H18N8O.ClH/c17-15-21-12(22-16(23-15)19-11-4-2-1-3-5-11)13-20-14(25-24-13)10-6-8-18-9-7-10;/h1-5,10,18H,6-9H2,(H3,17,19,21,22,23);1H. The van der Waals surface area contributed by atoms with Crippen molar-refractivity contribution in [2.24, 2.45) is 0 Å². The van der Waals surface area contributed by atoms with Gasteiger partial charge >= 0.3 is 0 Å². The van der Waals surface area contributed by atoms with Gasteiger partial charge in [0.25, 0.3) is 0 Å². The topological polar surface area (TPSA) is 128 Å². The number of anilines is 3. The minimum atomic E-state index is 0. The van der Waals surface area contributed by atoms with Crippen LogP contribution in [0.15, 0.2) is 34.9 Å². The van der Waals surface area contributed by atoms with E-state index in [1.54, 1.807) is 0 Å². The third-order valence-electron chi connectivity index (χ3n) is 4.01. The molecule has 1 aliphatic rings. The van der Waals surface area contributed by atoms with Gasteiger partial charge in [0.2, 0.25) is 29.4 Å². The summed E-state index contributed by atoms with van der Waals surface area (Å²) in [7, 11) is 0. The van der Waals surface area contributed by atoms with E-state index < -0.39 is 0 Å². The summed E-state index contributed by atoms with van der Waals surface area (Å²) in [6.07, 6.45) is 1.95. The van der Waals surface area contributed by atoms with Crippen molar-refractivity contribution in [2.75, 3.05) is 24.1 Å². The van der Waals surface area contributed by atoms with Gasteiger partial charge < -0.3 is 20.9 Å². The van der Waals surface area contributed by atoms with E-state index in [1.807, 2.05) is 30.3 Å². The zero-order valence-corrected chi connectivity index (χ0v) is 14.7. The van der Waals surface area contributed by atoms with E-state index in [0.29, 0.717) is 17.7 Å². The lowest BCUT2D eigenvalue weighted by molar-refractivity contribution is 0.320. The van der Waals surface area contributed by atoms with Crippen LogP contribution in [0.4, 0.5) is 17.6 Å². The quantitative estimate of drug-likeness (QED) is 0.629. The van der Waals surface area contributed by atoms with Gasteiger partial charge in [0.1, 0.15) is 0 Å². The van der Waals surface area contributed by atoms with Crippen molar-refractivity contribution >= 4 is 30.0 Å². The van der Waals surface area contributed by atoms with Crippen LogP contribution in [-0.4, -0.2) is 38.2 Å². The molecule has 136 valence electrons. The molecule has 1 fully saturated rings. The average Bonchev–Trinajstić information content (AvgIpc) is 3.13. The zero-order chi connectivity index (χ0) is 17.1. The molecule has 0 spiro atoms. The molecule has 0 unspecified atom stereocenters. The third-order valence-corrected chi connectivity index (χ3v) is 4.01. The van der Waals surface area contributed by atoms with Gasteiger partial charge in [-0.25, -0.2) is 0 Å². The second-order valence-corrected chi connectivity index (χ2v) is 5.81. The molecular formula is C16H19ClN8O. The van der Waals surface area contributed by atoms with Crippen LogP contribution in [-0.2, 0) is 0 Å². The first-order valence-electron chi connectivity index (χ1n) is 8.16. The predicted octanol–water partition coefficient (Wildman–Crippen LogP) is 2.14. The van der Waals surface area contributed by atoms with Crippen LogP contribution in [0.3, 0.4) is 0 Å². The van der Waals surface area contributed by atoms with Crippen molar-refractivity contribution in [3.63, 3.8) is 0 Å². The van der Waals surface area contributed by atoms with Crippen molar-refractivity contribution < 1.29 is 4.52 Å². The first-order chi connectivity index (χ1) is 12.3. The molecule has 9 nitrogen and oxygen atoms in total. The molecular weight excluding hydrogens is 356 g/mol. The number of para-hydroxylation sites is 1. The van der Waals surface area contributed by atoms with Crippen LogP contribution in [0.25, 0.3) is 11.6 Å². The summed E-state index contributed by atoms with van der Waals surface area (Å²) in [5, 5.41) is 10.4. The van der Waals surface area contributed by atoms with E-state index in [-0.39, 0.29) is 30.1 Å². The highest BCUT2D eigenvalue weighted by Crippen LogP contribution is 2.25. The Morgan fingerprint density at radius 1 is 1.00 bits per heavy atom. The van der Waals surface area contributed by atoms with Gasteiger partial charge in [0, 0.05) is 11.6 Å². The van der Waals surface area contributed by atoms with Crippen LogP contribution in [0.1, 0.15) is 24.7 Å². The Labute approximate surface area is 156 Å². The molecule has 3 aromatic rings. The zero-order valence-electron chi connectivity index (χ0n) is 13.9. The van der Waals surface area contributed by atoms with Crippen molar-refractivity contribution in [3.05, 3.63) is 36.2 Å². The highest BCUT2D eigenvalue weighted by molar-refractivity contribution is 5.85. The molecule has 4 N–H and O–H groups in total. The Kier molecular flexibility index (Phi) is 5.59. The molecule has 1 aromatic carbocycles. The Bertz CT molecular complexity index is 850. The van der Waals surface area contributed by atoms with Crippen molar-refractivity contribution in [2.45, 2.75) is 18.8 Å². The molecule has 4 rings (SSSR count). The lowest BCUT2D eigenvalue weighted by Crippen LogP contribution is -2.26. The maximum absolute atomic E-state index is 5.80. The van der Waals surface area contributed by atoms with E-state index in [0.717, 1.165) is 31.6 Å². The SMILES string of the molecule is Cl.Nc1nc(Nc2ccccc2)nc(-c2noc(C3CCNCC3)n2)n1. The molecule has 26 heavy (non-hydrogen) atoms. The number of nitrogens with zero attached hydrogens (tertiary/aromatic N) is 5. The van der Waals surface area contributed by atoms with Crippen molar-refractivity contribution in [1.29, 1.82) is 0 Å². The van der Waals surface area contributed by atoms with Crippen LogP contribution >= 0.6 is 12.4 Å². The number of nitrogens with one attached hydrogen (secondary N) is 2. The minimum absolute atomic E-state index is 0. The molecule has 0 saturated carbocycles. The summed E-state index contributed by atoms with van der Waals surface area (Å²) in [5.41, 5.74) is 6.65. The van der Waals surface area contributed by atoms with Gasteiger partial charge in [-0.3, -0.25) is 0 Å². The number of nitrogen functional groups attached to an aromatic ring is 1. The van der Waals surface area contributed by atoms with Gasteiger partial charge in [0.15, 0.2) is 0 Å². The summed E-state index contributed by atoms with van der Waals surface area (Å²) < 4.78 is 5.41. The molecule has 0 amide bonds. The summed E-state index contributed by atoms with van der Waals surface area (Å²) in [4.78, 5) is 17.0. The van der Waals surface area contributed by atoms with Gasteiger partial charge in [-0.2, -0.15) is 19.9 Å². The first-order valence-corrected chi connectivity index (χ1v) is 8.16. The number of aromatic nitrogens is 5. The van der Waals surface area contributed by atoms with Crippen LogP contribution < -0.4 is 16.4 Å². The first kappa shape index (κ1) is 18.0. The fourth-order valence-corrected chi connectivity index (χ4v) is 2.76. The van der Waals surface area contributed by atoms with Gasteiger partial charge in [-0.05, 0) is 38.1 Å². The molecule has 0 radical (unpaired) electrons. The number of halogens is 1. The smallest absolute Gasteiger partial charge is 0.240 e. The van der Waals surface area contributed by atoms with Gasteiger partial charge in [0.05, 0.1) is 0 Å². The molecule has 3 heterocycles. The lowest BCUT2D eigenvalue weighted by atomic mass is 9.98. The van der Waals surface area contributed by atoms with E-state index in [9.17, 15) is 0 Å². The highest BCUT2D eigenvalue weighted by atomic mass is 35.5. The number of benzene rings is 1. The summed E-state index contributed by atoms with van der Waals surface area (Å²) in [6, 6.07) is 9.57. The fraction of sp³-hybridized carbons (Fsp3) is 0.312. The maximum Gasteiger partial charge on any atom is 0.240 e. The fourth-order valence-electron chi connectivity index (χ4n) is 2.76. The highest BCUT2D eigenvalue weighted by Gasteiger charge is 2.23. The second kappa shape index (κ2) is 8.07. The van der Waals surface area contributed by atoms with E-state index in [2.05, 4.69) is 35.7 Å². The van der Waals surface area contributed by atoms with Crippen LogP contribution in [0, 0.1) is 0 Å². The van der Waals surface area contributed by atoms with Gasteiger partial charge in [-0.1, -0.05) is 23.4 Å². The lowest BCUT2D eigenvalue weighted by Gasteiger charge is -2.18. The molecule has 10 heteroatoms. The third kappa shape index (κ3) is 4.06. The Morgan fingerprint density at radius 3 is 2.54 bits per heavy atom. The number of hydrogen-bond acceptors (Lipinski definition) is 9. The number of piperidine rings is 1. The molecule has 1 aliphatic heterocycles. The monoisotopic (exact) mass is 374 g/mol. The number of rotatable bonds is 4. The van der Waals surface area contributed by atoms with E-state index in [1.165, 1.54) is 0 Å². The molecule has 1 saturated heterocycles. The Balaban J connectivity index is 0.00000196. The average molecular weight is 375 g/mol. The maximum atomic E-state index is 5.80.